The maximum atomic E-state index is 13.1. The van der Waals surface area contributed by atoms with E-state index in [2.05, 4.69) is 22.9 Å². The lowest BCUT2D eigenvalue weighted by molar-refractivity contribution is -0.134. The lowest BCUT2D eigenvalue weighted by Gasteiger charge is -2.32. The van der Waals surface area contributed by atoms with Crippen LogP contribution in [0.2, 0.25) is 0 Å². The maximum absolute atomic E-state index is 13.1. The number of likely N-dealkylation sites (N-methyl/N-ethyl adjacent to an activating group) is 1. The predicted molar refractivity (Wildman–Crippen MR) is 125 cm³/mol. The second kappa shape index (κ2) is 11.5. The second-order valence-electron chi connectivity index (χ2n) is 9.20. The van der Waals surface area contributed by atoms with Gasteiger partial charge in [-0.15, -0.1) is 0 Å². The summed E-state index contributed by atoms with van der Waals surface area (Å²) in [6.07, 6.45) is 5.59. The minimum atomic E-state index is -0.274. The summed E-state index contributed by atoms with van der Waals surface area (Å²) in [5.74, 6) is 0.671. The van der Waals surface area contributed by atoms with Gasteiger partial charge in [-0.3, -0.25) is 4.79 Å². The zero-order chi connectivity index (χ0) is 23.1. The SMILES string of the molecule is CNC[C@@H]1Oc2ccc(NC(=O)NC3CCCCC3)cc2CC(=O)N([C@H](C)CO)C[C@@H]1C. The van der Waals surface area contributed by atoms with Crippen molar-refractivity contribution in [3.05, 3.63) is 23.8 Å². The van der Waals surface area contributed by atoms with Crippen molar-refractivity contribution in [3.63, 3.8) is 0 Å². The van der Waals surface area contributed by atoms with E-state index in [1.807, 2.05) is 32.2 Å². The van der Waals surface area contributed by atoms with Gasteiger partial charge in [0.05, 0.1) is 19.1 Å². The third-order valence-corrected chi connectivity index (χ3v) is 6.52. The van der Waals surface area contributed by atoms with Crippen molar-refractivity contribution in [2.24, 2.45) is 5.92 Å². The van der Waals surface area contributed by atoms with Crippen LogP contribution in [-0.2, 0) is 11.2 Å². The number of rotatable bonds is 6. The van der Waals surface area contributed by atoms with Gasteiger partial charge in [-0.05, 0) is 45.0 Å². The highest BCUT2D eigenvalue weighted by molar-refractivity contribution is 5.90. The molecule has 1 aliphatic heterocycles. The van der Waals surface area contributed by atoms with Gasteiger partial charge in [-0.1, -0.05) is 26.2 Å². The van der Waals surface area contributed by atoms with Crippen LogP contribution in [0.1, 0.15) is 51.5 Å². The number of carbonyl (C=O) groups is 2. The molecule has 1 aromatic carbocycles. The Bertz CT molecular complexity index is 781. The molecule has 1 aromatic rings. The Balaban J connectivity index is 1.80. The molecule has 0 radical (unpaired) electrons. The molecule has 8 nitrogen and oxygen atoms in total. The van der Waals surface area contributed by atoms with Crippen molar-refractivity contribution < 1.29 is 19.4 Å². The number of anilines is 1. The van der Waals surface area contributed by atoms with Crippen molar-refractivity contribution in [1.82, 2.24) is 15.5 Å². The van der Waals surface area contributed by atoms with Gasteiger partial charge in [0.15, 0.2) is 0 Å². The molecule has 3 amide bonds. The van der Waals surface area contributed by atoms with Crippen LogP contribution in [0.15, 0.2) is 18.2 Å². The van der Waals surface area contributed by atoms with Gasteiger partial charge in [0.1, 0.15) is 11.9 Å². The summed E-state index contributed by atoms with van der Waals surface area (Å²) in [5.41, 5.74) is 1.36. The number of hydrogen-bond donors (Lipinski definition) is 4. The van der Waals surface area contributed by atoms with E-state index in [1.165, 1.54) is 6.42 Å². The molecule has 8 heteroatoms. The number of ether oxygens (including phenoxy) is 1. The number of amides is 3. The number of fused-ring (bicyclic) bond motifs is 1. The Morgan fingerprint density at radius 2 is 2.03 bits per heavy atom. The minimum Gasteiger partial charge on any atom is -0.488 e. The summed E-state index contributed by atoms with van der Waals surface area (Å²) in [7, 11) is 1.88. The number of carbonyl (C=O) groups excluding carboxylic acids is 2. The van der Waals surface area contributed by atoms with Gasteiger partial charge in [0, 0.05) is 36.3 Å². The van der Waals surface area contributed by atoms with Gasteiger partial charge in [-0.2, -0.15) is 0 Å². The van der Waals surface area contributed by atoms with E-state index in [-0.39, 0.29) is 49.1 Å². The fraction of sp³-hybridized carbons (Fsp3) is 0.667. The summed E-state index contributed by atoms with van der Waals surface area (Å²) >= 11 is 0. The Labute approximate surface area is 191 Å². The lowest BCUT2D eigenvalue weighted by Crippen LogP contribution is -2.47. The quantitative estimate of drug-likeness (QED) is 0.538. The number of aliphatic hydroxyl groups excluding tert-OH is 1. The number of hydrogen-bond acceptors (Lipinski definition) is 5. The van der Waals surface area contributed by atoms with Crippen LogP contribution < -0.4 is 20.7 Å². The number of aliphatic hydroxyl groups is 1. The molecule has 0 aromatic heterocycles. The van der Waals surface area contributed by atoms with Crippen LogP contribution in [0.3, 0.4) is 0 Å². The molecule has 1 heterocycles. The van der Waals surface area contributed by atoms with E-state index in [9.17, 15) is 14.7 Å². The lowest BCUT2D eigenvalue weighted by atomic mass is 9.96. The van der Waals surface area contributed by atoms with Crippen LogP contribution in [-0.4, -0.2) is 66.9 Å². The van der Waals surface area contributed by atoms with E-state index in [0.717, 1.165) is 31.2 Å². The van der Waals surface area contributed by atoms with Crippen LogP contribution in [0, 0.1) is 5.92 Å². The summed E-state index contributed by atoms with van der Waals surface area (Å²) in [5, 5.41) is 18.8. The van der Waals surface area contributed by atoms with E-state index >= 15 is 0 Å². The average Bonchev–Trinajstić information content (AvgIpc) is 2.82. The largest absolute Gasteiger partial charge is 0.488 e. The first-order chi connectivity index (χ1) is 15.4. The molecule has 0 bridgehead atoms. The maximum Gasteiger partial charge on any atom is 0.319 e. The van der Waals surface area contributed by atoms with E-state index < -0.39 is 0 Å². The highest BCUT2D eigenvalue weighted by Crippen LogP contribution is 2.29. The minimum absolute atomic E-state index is 0.0582. The molecular formula is C24H38N4O4. The summed E-state index contributed by atoms with van der Waals surface area (Å²) < 4.78 is 6.33. The Kier molecular flexibility index (Phi) is 8.75. The highest BCUT2D eigenvalue weighted by atomic mass is 16.5. The van der Waals surface area contributed by atoms with Crippen LogP contribution in [0.4, 0.5) is 10.5 Å². The van der Waals surface area contributed by atoms with Crippen molar-refractivity contribution >= 4 is 17.6 Å². The third kappa shape index (κ3) is 6.36. The van der Waals surface area contributed by atoms with Gasteiger partial charge in [-0.25, -0.2) is 4.79 Å². The number of benzene rings is 1. The normalized spacial score (nSPS) is 23.2. The standard InChI is InChI=1S/C24H38N4O4/c1-16-14-28(17(2)15-29)23(30)12-18-11-20(9-10-21(18)32-22(16)13-25-3)27-24(31)26-19-7-5-4-6-8-19/h9-11,16-17,19,22,25,29H,4-8,12-15H2,1-3H3,(H2,26,27,31)/t16-,17+,22-/m0/s1. The van der Waals surface area contributed by atoms with E-state index in [1.54, 1.807) is 4.90 Å². The molecule has 1 aliphatic carbocycles. The molecule has 2 aliphatic rings. The fourth-order valence-corrected chi connectivity index (χ4v) is 4.55. The first-order valence-electron chi connectivity index (χ1n) is 11.8. The molecule has 1 fully saturated rings. The molecule has 1 saturated carbocycles. The number of nitrogens with one attached hydrogen (secondary N) is 3. The molecule has 0 spiro atoms. The average molecular weight is 447 g/mol. The zero-order valence-electron chi connectivity index (χ0n) is 19.5. The molecule has 0 unspecified atom stereocenters. The van der Waals surface area contributed by atoms with E-state index in [0.29, 0.717) is 24.5 Å². The van der Waals surface area contributed by atoms with Crippen molar-refractivity contribution in [3.8, 4) is 5.75 Å². The van der Waals surface area contributed by atoms with Crippen molar-refractivity contribution in [1.29, 1.82) is 0 Å². The van der Waals surface area contributed by atoms with Gasteiger partial charge < -0.3 is 30.7 Å². The summed E-state index contributed by atoms with van der Waals surface area (Å²) in [6.45, 7) is 4.97. The first-order valence-corrected chi connectivity index (χ1v) is 11.8. The zero-order valence-corrected chi connectivity index (χ0v) is 19.5. The fourth-order valence-electron chi connectivity index (χ4n) is 4.55. The number of nitrogens with zero attached hydrogens (tertiary/aromatic N) is 1. The Hall–Kier alpha value is -2.32. The molecular weight excluding hydrogens is 408 g/mol. The summed E-state index contributed by atoms with van der Waals surface area (Å²) in [6, 6.07) is 5.20. The Morgan fingerprint density at radius 3 is 2.72 bits per heavy atom. The van der Waals surface area contributed by atoms with Gasteiger partial charge >= 0.3 is 6.03 Å². The molecule has 0 saturated heterocycles. The second-order valence-corrected chi connectivity index (χ2v) is 9.20. The van der Waals surface area contributed by atoms with Gasteiger partial charge in [0.2, 0.25) is 5.91 Å². The molecule has 3 rings (SSSR count). The highest BCUT2D eigenvalue weighted by Gasteiger charge is 2.30. The predicted octanol–water partition coefficient (Wildman–Crippen LogP) is 2.51. The third-order valence-electron chi connectivity index (χ3n) is 6.52. The first kappa shape index (κ1) is 24.3. The van der Waals surface area contributed by atoms with Crippen molar-refractivity contribution in [2.75, 3.05) is 32.1 Å². The number of urea groups is 1. The summed E-state index contributed by atoms with van der Waals surface area (Å²) in [4.78, 5) is 27.4. The molecule has 4 N–H and O–H groups in total. The van der Waals surface area contributed by atoms with Gasteiger partial charge in [0.25, 0.3) is 0 Å². The smallest absolute Gasteiger partial charge is 0.319 e. The molecule has 32 heavy (non-hydrogen) atoms. The van der Waals surface area contributed by atoms with Crippen molar-refractivity contribution in [2.45, 2.75) is 70.6 Å². The molecule has 3 atom stereocenters. The monoisotopic (exact) mass is 446 g/mol. The van der Waals surface area contributed by atoms with E-state index in [4.69, 9.17) is 4.74 Å². The van der Waals surface area contributed by atoms with Crippen LogP contribution in [0.25, 0.3) is 0 Å². The topological polar surface area (TPSA) is 103 Å². The molecule has 178 valence electrons. The van der Waals surface area contributed by atoms with Crippen LogP contribution >= 0.6 is 0 Å². The Morgan fingerprint density at radius 1 is 1.28 bits per heavy atom. The van der Waals surface area contributed by atoms with Crippen LogP contribution in [0.5, 0.6) is 5.75 Å².